The van der Waals surface area contributed by atoms with Crippen LogP contribution in [0.25, 0.3) is 0 Å². The fourth-order valence-corrected chi connectivity index (χ4v) is 2.14. The van der Waals surface area contributed by atoms with Crippen molar-refractivity contribution in [2.45, 2.75) is 72.3 Å². The normalized spacial score (nSPS) is 12.6. The molecular formula is C19H31N3O12. The average molecular weight is 493 g/mol. The predicted octanol–water partition coefficient (Wildman–Crippen LogP) is 3.22. The van der Waals surface area contributed by atoms with Gasteiger partial charge in [0.2, 0.25) is 6.04 Å². The summed E-state index contributed by atoms with van der Waals surface area (Å²) < 4.78 is 0. The first-order valence-electron chi connectivity index (χ1n) is 10.1. The van der Waals surface area contributed by atoms with E-state index < -0.39 is 51.6 Å². The van der Waals surface area contributed by atoms with Gasteiger partial charge in [0, 0.05) is 10.8 Å². The fourth-order valence-electron chi connectivity index (χ4n) is 2.14. The summed E-state index contributed by atoms with van der Waals surface area (Å²) in [5.74, 6) is -3.66. The number of carboxylic acids is 3. The van der Waals surface area contributed by atoms with Gasteiger partial charge in [-0.15, -0.1) is 0 Å². The van der Waals surface area contributed by atoms with Crippen LogP contribution < -0.4 is 0 Å². The Bertz CT molecular complexity index is 732. The van der Waals surface area contributed by atoms with Crippen LogP contribution in [0.4, 0.5) is 0 Å². The molecule has 0 aliphatic rings. The van der Waals surface area contributed by atoms with Gasteiger partial charge < -0.3 is 15.3 Å². The Morgan fingerprint density at radius 3 is 1.29 bits per heavy atom. The third kappa shape index (κ3) is 20.0. The van der Waals surface area contributed by atoms with Gasteiger partial charge in [0.1, 0.15) is 19.3 Å². The summed E-state index contributed by atoms with van der Waals surface area (Å²) in [4.78, 5) is 59.0. The van der Waals surface area contributed by atoms with Gasteiger partial charge in [0.15, 0.2) is 0 Å². The van der Waals surface area contributed by atoms with Crippen LogP contribution >= 0.6 is 0 Å². The van der Waals surface area contributed by atoms with Crippen LogP contribution in [-0.2, 0) is 14.4 Å². The zero-order valence-electron chi connectivity index (χ0n) is 19.4. The van der Waals surface area contributed by atoms with Crippen molar-refractivity contribution in [2.75, 3.05) is 0 Å². The first kappa shape index (κ1) is 34.7. The van der Waals surface area contributed by atoms with Gasteiger partial charge >= 0.3 is 17.9 Å². The molecule has 194 valence electrons. The molecular weight excluding hydrogens is 462 g/mol. The highest BCUT2D eigenvalue weighted by Crippen LogP contribution is 2.13. The van der Waals surface area contributed by atoms with Crippen molar-refractivity contribution in [3.63, 3.8) is 0 Å². The number of nitro groups is 3. The molecule has 0 spiro atoms. The summed E-state index contributed by atoms with van der Waals surface area (Å²) in [5.41, 5.74) is -0.500. The Morgan fingerprint density at radius 2 is 1.12 bits per heavy atom. The summed E-state index contributed by atoms with van der Waals surface area (Å²) in [6, 6.07) is -0.951. The number of hydrogen-bond acceptors (Lipinski definition) is 9. The molecule has 15 heteroatoms. The molecule has 2 atom stereocenters. The lowest BCUT2D eigenvalue weighted by atomic mass is 9.97. The highest BCUT2D eigenvalue weighted by atomic mass is 16.6. The second-order valence-corrected chi connectivity index (χ2v) is 6.70. The van der Waals surface area contributed by atoms with Crippen LogP contribution in [0.1, 0.15) is 66.2 Å². The van der Waals surface area contributed by atoms with Gasteiger partial charge in [-0.3, -0.25) is 44.7 Å². The van der Waals surface area contributed by atoms with E-state index in [-0.39, 0.29) is 23.7 Å². The lowest BCUT2D eigenvalue weighted by Crippen LogP contribution is -2.29. The molecule has 0 saturated heterocycles. The van der Waals surface area contributed by atoms with E-state index in [1.54, 1.807) is 20.8 Å². The van der Waals surface area contributed by atoms with E-state index in [0.29, 0.717) is 19.3 Å². The molecule has 0 aromatic heterocycles. The minimum atomic E-state index is -1.18. The maximum absolute atomic E-state index is 10.4. The number of nitrogens with zero attached hydrogens (tertiary/aromatic N) is 3. The molecule has 0 aromatic carbocycles. The monoisotopic (exact) mass is 493 g/mol. The van der Waals surface area contributed by atoms with Crippen LogP contribution in [0.5, 0.6) is 0 Å². The van der Waals surface area contributed by atoms with Gasteiger partial charge in [-0.25, -0.2) is 0 Å². The Kier molecular flexibility index (Phi) is 20.2. The first-order valence-corrected chi connectivity index (χ1v) is 10.1. The molecule has 0 saturated carbocycles. The first-order chi connectivity index (χ1) is 15.6. The summed E-state index contributed by atoms with van der Waals surface area (Å²) in [7, 11) is 0. The maximum atomic E-state index is 10.4. The van der Waals surface area contributed by atoms with Gasteiger partial charge in [-0.1, -0.05) is 27.7 Å². The minimum Gasteiger partial charge on any atom is -0.481 e. The number of aliphatic carboxylic acids is 3. The molecule has 34 heavy (non-hydrogen) atoms. The lowest BCUT2D eigenvalue weighted by molar-refractivity contribution is -0.530. The Hall–Kier alpha value is -3.91. The largest absolute Gasteiger partial charge is 0.481 e. The zero-order chi connectivity index (χ0) is 27.4. The standard InChI is InChI=1S/C7H13NO4.2C6H9NO4/c1-3-5(2)6(8(11)12)4-7(9)10;2*1-2-3-5(7(10)11)4-6(8)9/h5-6H,3-4H2,1-2H3,(H,9,10);2*3H,2,4H2,1H3,(H,8,9)/b;2*5-3+. The molecule has 0 aliphatic carbocycles. The molecule has 0 heterocycles. The Morgan fingerprint density at radius 1 is 0.765 bits per heavy atom. The average Bonchev–Trinajstić information content (AvgIpc) is 2.70. The van der Waals surface area contributed by atoms with Crippen molar-refractivity contribution in [3.8, 4) is 0 Å². The van der Waals surface area contributed by atoms with E-state index in [0.717, 1.165) is 0 Å². The van der Waals surface area contributed by atoms with Crippen LogP contribution in [0.3, 0.4) is 0 Å². The van der Waals surface area contributed by atoms with Gasteiger partial charge in [0.25, 0.3) is 11.4 Å². The summed E-state index contributed by atoms with van der Waals surface area (Å²) in [5, 5.41) is 55.4. The van der Waals surface area contributed by atoms with E-state index in [4.69, 9.17) is 15.3 Å². The van der Waals surface area contributed by atoms with Crippen molar-refractivity contribution in [1.29, 1.82) is 0 Å². The molecule has 3 N–H and O–H groups in total. The molecule has 15 nitrogen and oxygen atoms in total. The van der Waals surface area contributed by atoms with Gasteiger partial charge in [0.05, 0.1) is 9.85 Å². The smallest absolute Gasteiger partial charge is 0.314 e. The van der Waals surface area contributed by atoms with Crippen LogP contribution in [0.2, 0.25) is 0 Å². The predicted molar refractivity (Wildman–Crippen MR) is 118 cm³/mol. The molecule has 0 fully saturated rings. The van der Waals surface area contributed by atoms with Crippen LogP contribution in [-0.4, -0.2) is 54.0 Å². The molecule has 0 radical (unpaired) electrons. The molecule has 0 aromatic rings. The number of carboxylic acid groups (broad SMARTS) is 3. The molecule has 0 rings (SSSR count). The lowest BCUT2D eigenvalue weighted by Gasteiger charge is -2.12. The third-order valence-corrected chi connectivity index (χ3v) is 3.97. The summed E-state index contributed by atoms with van der Waals surface area (Å²) in [6.45, 7) is 6.93. The van der Waals surface area contributed by atoms with E-state index in [1.807, 2.05) is 6.92 Å². The quantitative estimate of drug-likeness (QED) is 0.247. The SMILES string of the molecule is CC/C=C(\CC(=O)O)[N+](=O)[O-].CC/C=C(\CC(=O)O)[N+](=O)[O-].CCC(C)C(CC(=O)O)[N+](=O)[O-]. The minimum absolute atomic E-state index is 0.184. The van der Waals surface area contributed by atoms with E-state index in [9.17, 15) is 44.7 Å². The highest BCUT2D eigenvalue weighted by molar-refractivity contribution is 5.69. The number of allylic oxidation sites excluding steroid dienone is 2. The number of rotatable bonds is 13. The highest BCUT2D eigenvalue weighted by Gasteiger charge is 2.29. The second kappa shape index (κ2) is 19.8. The van der Waals surface area contributed by atoms with Crippen molar-refractivity contribution in [1.82, 2.24) is 0 Å². The Labute approximate surface area is 195 Å². The molecule has 0 aliphatic heterocycles. The van der Waals surface area contributed by atoms with Crippen LogP contribution in [0.15, 0.2) is 23.5 Å². The Balaban J connectivity index is -0.000000425. The van der Waals surface area contributed by atoms with Crippen LogP contribution in [0, 0.1) is 36.3 Å². The zero-order valence-corrected chi connectivity index (χ0v) is 19.4. The summed E-state index contributed by atoms with van der Waals surface area (Å²) in [6.07, 6.45) is 2.76. The summed E-state index contributed by atoms with van der Waals surface area (Å²) >= 11 is 0. The topological polar surface area (TPSA) is 241 Å². The fraction of sp³-hybridized carbons (Fsp3) is 0.632. The van der Waals surface area contributed by atoms with E-state index in [2.05, 4.69) is 0 Å². The van der Waals surface area contributed by atoms with Crippen molar-refractivity contribution < 1.29 is 44.5 Å². The van der Waals surface area contributed by atoms with Crippen molar-refractivity contribution in [2.24, 2.45) is 5.92 Å². The molecule has 0 amide bonds. The second-order valence-electron chi connectivity index (χ2n) is 6.70. The number of carbonyl (C=O) groups is 3. The van der Waals surface area contributed by atoms with Gasteiger partial charge in [-0.05, 0) is 31.4 Å². The number of hydrogen-bond donors (Lipinski definition) is 3. The third-order valence-electron chi connectivity index (χ3n) is 3.97. The van der Waals surface area contributed by atoms with E-state index in [1.165, 1.54) is 12.2 Å². The molecule has 2 unspecified atom stereocenters. The van der Waals surface area contributed by atoms with Crippen molar-refractivity contribution in [3.05, 3.63) is 53.9 Å². The van der Waals surface area contributed by atoms with Gasteiger partial charge in [-0.2, -0.15) is 0 Å². The van der Waals surface area contributed by atoms with Crippen molar-refractivity contribution >= 4 is 17.9 Å². The van der Waals surface area contributed by atoms with E-state index >= 15 is 0 Å². The molecule has 0 bridgehead atoms. The maximum Gasteiger partial charge on any atom is 0.314 e.